The zero-order valence-electron chi connectivity index (χ0n) is 16.6. The number of nitrogens with zero attached hydrogens (tertiary/aromatic N) is 3. The van der Waals surface area contributed by atoms with Crippen LogP contribution in [0.15, 0.2) is 4.99 Å². The maximum atomic E-state index is 5.92. The number of hydrogen-bond acceptors (Lipinski definition) is 4. The van der Waals surface area contributed by atoms with Gasteiger partial charge in [0, 0.05) is 47.0 Å². The predicted octanol–water partition coefficient (Wildman–Crippen LogP) is 2.43. The molecule has 0 amide bonds. The Balaban J connectivity index is 0.00000576. The zero-order valence-corrected chi connectivity index (χ0v) is 19.0. The predicted molar refractivity (Wildman–Crippen MR) is 116 cm³/mol. The molecule has 1 N–H and O–H groups in total. The molecule has 0 aliphatic carbocycles. The number of rotatable bonds is 11. The summed E-state index contributed by atoms with van der Waals surface area (Å²) in [4.78, 5) is 9.25. The number of piperidine rings is 1. The van der Waals surface area contributed by atoms with E-state index in [1.54, 1.807) is 7.11 Å². The van der Waals surface area contributed by atoms with Crippen molar-refractivity contribution in [3.05, 3.63) is 0 Å². The lowest BCUT2D eigenvalue weighted by Gasteiger charge is -2.34. The normalized spacial score (nSPS) is 16.2. The first-order valence-corrected chi connectivity index (χ1v) is 9.53. The van der Waals surface area contributed by atoms with Crippen LogP contribution in [0.25, 0.3) is 0 Å². The van der Waals surface area contributed by atoms with E-state index in [2.05, 4.69) is 34.0 Å². The van der Waals surface area contributed by atoms with Gasteiger partial charge in [0.1, 0.15) is 0 Å². The van der Waals surface area contributed by atoms with Crippen molar-refractivity contribution >= 4 is 29.9 Å². The van der Waals surface area contributed by atoms with Crippen LogP contribution in [0.1, 0.15) is 39.5 Å². The van der Waals surface area contributed by atoms with Gasteiger partial charge in [-0.15, -0.1) is 24.0 Å². The molecule has 1 heterocycles. The second-order valence-electron chi connectivity index (χ2n) is 6.26. The molecule has 25 heavy (non-hydrogen) atoms. The van der Waals surface area contributed by atoms with Gasteiger partial charge in [-0.1, -0.05) is 13.8 Å². The van der Waals surface area contributed by atoms with Crippen LogP contribution in [0.5, 0.6) is 0 Å². The van der Waals surface area contributed by atoms with E-state index in [-0.39, 0.29) is 24.0 Å². The highest BCUT2D eigenvalue weighted by molar-refractivity contribution is 14.0. The van der Waals surface area contributed by atoms with E-state index in [0.29, 0.717) is 6.10 Å². The molecule has 0 aromatic heterocycles. The van der Waals surface area contributed by atoms with E-state index in [1.165, 1.54) is 0 Å². The molecule has 150 valence electrons. The van der Waals surface area contributed by atoms with Crippen LogP contribution in [0.2, 0.25) is 0 Å². The van der Waals surface area contributed by atoms with Crippen LogP contribution in [-0.4, -0.2) is 88.5 Å². The van der Waals surface area contributed by atoms with Gasteiger partial charge < -0.3 is 24.6 Å². The molecule has 1 rings (SSSR count). The average Bonchev–Trinajstić information content (AvgIpc) is 2.63. The van der Waals surface area contributed by atoms with Gasteiger partial charge in [0.25, 0.3) is 0 Å². The van der Waals surface area contributed by atoms with Crippen molar-refractivity contribution in [2.75, 3.05) is 66.6 Å². The maximum Gasteiger partial charge on any atom is 0.193 e. The molecule has 0 bridgehead atoms. The molecular weight excluding hydrogens is 431 g/mol. The number of guanidine groups is 1. The second-order valence-corrected chi connectivity index (χ2v) is 6.26. The van der Waals surface area contributed by atoms with Gasteiger partial charge >= 0.3 is 0 Å². The molecular formula is C18H39IN4O2. The maximum absolute atomic E-state index is 5.92. The minimum Gasteiger partial charge on any atom is -0.385 e. The Hall–Kier alpha value is -0.120. The minimum absolute atomic E-state index is 0. The molecule has 7 heteroatoms. The number of aliphatic imine (C=N–C) groups is 1. The van der Waals surface area contributed by atoms with Crippen molar-refractivity contribution in [1.29, 1.82) is 0 Å². The lowest BCUT2D eigenvalue weighted by molar-refractivity contribution is 0.00991. The first-order chi connectivity index (χ1) is 11.7. The van der Waals surface area contributed by atoms with Crippen LogP contribution < -0.4 is 5.32 Å². The molecule has 1 fully saturated rings. The summed E-state index contributed by atoms with van der Waals surface area (Å²) < 4.78 is 11.0. The van der Waals surface area contributed by atoms with E-state index in [4.69, 9.17) is 9.47 Å². The van der Waals surface area contributed by atoms with Gasteiger partial charge in [0.15, 0.2) is 5.96 Å². The van der Waals surface area contributed by atoms with Crippen LogP contribution >= 0.6 is 24.0 Å². The lowest BCUT2D eigenvalue weighted by atomic mass is 10.1. The average molecular weight is 470 g/mol. The summed E-state index contributed by atoms with van der Waals surface area (Å²) in [5, 5.41) is 3.51. The fourth-order valence-corrected chi connectivity index (χ4v) is 3.06. The van der Waals surface area contributed by atoms with Crippen molar-refractivity contribution in [2.24, 2.45) is 4.99 Å². The van der Waals surface area contributed by atoms with E-state index in [0.717, 1.165) is 84.1 Å². The molecule has 1 aliphatic rings. The molecule has 6 nitrogen and oxygen atoms in total. The number of likely N-dealkylation sites (tertiary alicyclic amines) is 1. The SMILES string of the molecule is CCN(CC)CCCNC(=NC)N1CCC(OCCCOC)CC1.I. The summed E-state index contributed by atoms with van der Waals surface area (Å²) in [5.41, 5.74) is 0. The monoisotopic (exact) mass is 470 g/mol. The van der Waals surface area contributed by atoms with Crippen LogP contribution in [0.3, 0.4) is 0 Å². The van der Waals surface area contributed by atoms with Crippen molar-refractivity contribution in [1.82, 2.24) is 15.1 Å². The first kappa shape index (κ1) is 24.9. The third kappa shape index (κ3) is 10.6. The van der Waals surface area contributed by atoms with Crippen LogP contribution in [0, 0.1) is 0 Å². The Labute approximate surface area is 171 Å². The first-order valence-electron chi connectivity index (χ1n) is 9.53. The molecule has 0 radical (unpaired) electrons. The Morgan fingerprint density at radius 1 is 1.16 bits per heavy atom. The van der Waals surface area contributed by atoms with E-state index in [9.17, 15) is 0 Å². The highest BCUT2D eigenvalue weighted by Crippen LogP contribution is 2.14. The largest absolute Gasteiger partial charge is 0.385 e. The van der Waals surface area contributed by atoms with Gasteiger partial charge in [-0.25, -0.2) is 0 Å². The molecule has 0 spiro atoms. The Morgan fingerprint density at radius 2 is 1.84 bits per heavy atom. The smallest absolute Gasteiger partial charge is 0.193 e. The van der Waals surface area contributed by atoms with Crippen molar-refractivity contribution in [3.8, 4) is 0 Å². The van der Waals surface area contributed by atoms with Gasteiger partial charge in [0.2, 0.25) is 0 Å². The van der Waals surface area contributed by atoms with Gasteiger partial charge in [-0.3, -0.25) is 4.99 Å². The Morgan fingerprint density at radius 3 is 2.40 bits per heavy atom. The van der Waals surface area contributed by atoms with Gasteiger partial charge in [0.05, 0.1) is 6.10 Å². The van der Waals surface area contributed by atoms with Crippen LogP contribution in [0.4, 0.5) is 0 Å². The van der Waals surface area contributed by atoms with Crippen molar-refractivity contribution < 1.29 is 9.47 Å². The number of nitrogens with one attached hydrogen (secondary N) is 1. The standard InChI is InChI=1S/C18H38N4O2.HI/c1-5-21(6-2)12-7-11-20-18(19-3)22-13-9-17(10-14-22)24-16-8-15-23-4;/h17H,5-16H2,1-4H3,(H,19,20);1H. The van der Waals surface area contributed by atoms with Crippen LogP contribution in [-0.2, 0) is 9.47 Å². The van der Waals surface area contributed by atoms with E-state index in [1.807, 2.05) is 7.05 Å². The lowest BCUT2D eigenvalue weighted by Crippen LogP contribution is -2.47. The number of ether oxygens (including phenoxy) is 2. The number of halogens is 1. The molecule has 0 unspecified atom stereocenters. The fraction of sp³-hybridized carbons (Fsp3) is 0.944. The Kier molecular flexibility index (Phi) is 16.0. The van der Waals surface area contributed by atoms with Gasteiger partial charge in [-0.05, 0) is 45.3 Å². The molecule has 0 atom stereocenters. The van der Waals surface area contributed by atoms with E-state index < -0.39 is 0 Å². The summed E-state index contributed by atoms with van der Waals surface area (Å²) in [6.45, 7) is 12.4. The van der Waals surface area contributed by atoms with Gasteiger partial charge in [-0.2, -0.15) is 0 Å². The minimum atomic E-state index is 0. The topological polar surface area (TPSA) is 49.3 Å². The number of methoxy groups -OCH3 is 1. The molecule has 1 aliphatic heterocycles. The van der Waals surface area contributed by atoms with Crippen molar-refractivity contribution in [3.63, 3.8) is 0 Å². The zero-order chi connectivity index (χ0) is 17.6. The van der Waals surface area contributed by atoms with Crippen molar-refractivity contribution in [2.45, 2.75) is 45.6 Å². The van der Waals surface area contributed by atoms with E-state index >= 15 is 0 Å². The summed E-state index contributed by atoms with van der Waals surface area (Å²) in [7, 11) is 3.61. The third-order valence-corrected chi connectivity index (χ3v) is 4.63. The fourth-order valence-electron chi connectivity index (χ4n) is 3.06. The summed E-state index contributed by atoms with van der Waals surface area (Å²) in [6.07, 6.45) is 4.67. The number of hydrogen-bond donors (Lipinski definition) is 1. The second kappa shape index (κ2) is 16.1. The molecule has 0 aromatic carbocycles. The highest BCUT2D eigenvalue weighted by atomic mass is 127. The summed E-state index contributed by atoms with van der Waals surface area (Å²) in [6, 6.07) is 0. The highest BCUT2D eigenvalue weighted by Gasteiger charge is 2.21. The molecule has 1 saturated heterocycles. The Bertz CT molecular complexity index is 333. The molecule has 0 saturated carbocycles. The quantitative estimate of drug-likeness (QED) is 0.218. The summed E-state index contributed by atoms with van der Waals surface area (Å²) >= 11 is 0. The molecule has 0 aromatic rings. The third-order valence-electron chi connectivity index (χ3n) is 4.63. The summed E-state index contributed by atoms with van der Waals surface area (Å²) in [5.74, 6) is 1.03.